The fourth-order valence-electron chi connectivity index (χ4n) is 2.87. The minimum atomic E-state index is 0.615. The Balaban J connectivity index is 1.79. The maximum Gasteiger partial charge on any atom is 0.116 e. The van der Waals surface area contributed by atoms with Crippen molar-refractivity contribution >= 4 is 22.8 Å². The van der Waals surface area contributed by atoms with E-state index in [0.717, 1.165) is 39.0 Å². The minimum absolute atomic E-state index is 0.615. The van der Waals surface area contributed by atoms with Crippen LogP contribution in [0, 0.1) is 0 Å². The first-order chi connectivity index (χ1) is 12.8. The lowest BCUT2D eigenvalue weighted by Gasteiger charge is -2.01. The van der Waals surface area contributed by atoms with E-state index < -0.39 is 0 Å². The molecular formula is C20H18N6. The van der Waals surface area contributed by atoms with Crippen molar-refractivity contribution in [1.29, 1.82) is 0 Å². The molecule has 0 radical (unpaired) electrons. The van der Waals surface area contributed by atoms with Crippen molar-refractivity contribution in [3.63, 3.8) is 0 Å². The number of anilines is 1. The van der Waals surface area contributed by atoms with Gasteiger partial charge >= 0.3 is 0 Å². The number of nitrogen functional groups attached to an aromatic ring is 1. The van der Waals surface area contributed by atoms with Crippen molar-refractivity contribution in [3.8, 4) is 22.5 Å². The molecule has 0 bridgehead atoms. The quantitative estimate of drug-likeness (QED) is 0.485. The normalized spacial score (nSPS) is 11.9. The molecule has 6 nitrogen and oxygen atoms in total. The van der Waals surface area contributed by atoms with E-state index in [2.05, 4.69) is 31.2 Å². The number of allylic oxidation sites excluding steroid dienone is 3. The van der Waals surface area contributed by atoms with Gasteiger partial charge in [-0.2, -0.15) is 5.10 Å². The highest BCUT2D eigenvalue weighted by molar-refractivity contribution is 5.95. The van der Waals surface area contributed by atoms with E-state index in [1.165, 1.54) is 6.33 Å². The van der Waals surface area contributed by atoms with Crippen molar-refractivity contribution in [2.24, 2.45) is 0 Å². The Labute approximate surface area is 150 Å². The number of nitrogens with two attached hydrogens (primary N) is 1. The van der Waals surface area contributed by atoms with Crippen molar-refractivity contribution in [1.82, 2.24) is 25.1 Å². The molecule has 0 unspecified atom stereocenters. The Morgan fingerprint density at radius 3 is 2.69 bits per heavy atom. The van der Waals surface area contributed by atoms with Gasteiger partial charge in [-0.15, -0.1) is 0 Å². The molecule has 3 aromatic heterocycles. The summed E-state index contributed by atoms with van der Waals surface area (Å²) in [5.41, 5.74) is 11.7. The molecule has 3 heterocycles. The lowest BCUT2D eigenvalue weighted by molar-refractivity contribution is 1.12. The zero-order valence-corrected chi connectivity index (χ0v) is 14.3. The molecule has 0 saturated carbocycles. The van der Waals surface area contributed by atoms with Gasteiger partial charge in [0.05, 0.1) is 11.2 Å². The van der Waals surface area contributed by atoms with Crippen LogP contribution in [0.25, 0.3) is 39.5 Å². The van der Waals surface area contributed by atoms with Crippen LogP contribution in [0.1, 0.15) is 12.5 Å². The third kappa shape index (κ3) is 2.88. The fourth-order valence-corrected chi connectivity index (χ4v) is 2.87. The second kappa shape index (κ2) is 6.68. The van der Waals surface area contributed by atoms with Gasteiger partial charge in [0.15, 0.2) is 0 Å². The second-order valence-corrected chi connectivity index (χ2v) is 5.90. The predicted molar refractivity (Wildman–Crippen MR) is 105 cm³/mol. The third-order valence-corrected chi connectivity index (χ3v) is 4.17. The number of aromatic amines is 2. The van der Waals surface area contributed by atoms with Gasteiger partial charge in [-0.05, 0) is 30.7 Å². The smallest absolute Gasteiger partial charge is 0.116 e. The molecule has 0 spiro atoms. The molecule has 0 amide bonds. The number of rotatable bonds is 4. The first-order valence-corrected chi connectivity index (χ1v) is 8.28. The van der Waals surface area contributed by atoms with E-state index in [0.29, 0.717) is 5.82 Å². The average Bonchev–Trinajstić information content (AvgIpc) is 3.25. The van der Waals surface area contributed by atoms with Gasteiger partial charge in [0.1, 0.15) is 17.8 Å². The van der Waals surface area contributed by atoms with E-state index in [9.17, 15) is 0 Å². The lowest BCUT2D eigenvalue weighted by atomic mass is 10.0. The van der Waals surface area contributed by atoms with Crippen LogP contribution in [-0.2, 0) is 0 Å². The second-order valence-electron chi connectivity index (χ2n) is 5.90. The van der Waals surface area contributed by atoms with Crippen LogP contribution in [0.4, 0.5) is 5.82 Å². The fraction of sp³-hybridized carbons (Fsp3) is 0.0500. The largest absolute Gasteiger partial charge is 0.385 e. The molecule has 128 valence electrons. The molecule has 0 aliphatic carbocycles. The maximum atomic E-state index is 6.11. The standard InChI is InChI=1S/C20H18N6/c1-2-3-4-5-14-9-18(24-20(14)21)19-16-8-13(6-7-17(16)25-26-19)15-10-22-12-23-11-15/h2-12,24H,21H2,1H3,(H,25,26)/b3-2?,5-4-. The summed E-state index contributed by atoms with van der Waals surface area (Å²) >= 11 is 0. The molecule has 0 fully saturated rings. The molecule has 0 aliphatic rings. The zero-order chi connectivity index (χ0) is 17.9. The molecule has 1 aromatic carbocycles. The summed E-state index contributed by atoms with van der Waals surface area (Å²) in [6.45, 7) is 1.97. The van der Waals surface area contributed by atoms with Gasteiger partial charge in [-0.25, -0.2) is 9.97 Å². The SMILES string of the molecule is CC=C/C=C\c1cc(-c2n[nH]c3ccc(-c4cncnc4)cc23)[nH]c1N. The van der Waals surface area contributed by atoms with Crippen LogP contribution in [-0.4, -0.2) is 25.1 Å². The van der Waals surface area contributed by atoms with Crippen molar-refractivity contribution in [2.75, 3.05) is 5.73 Å². The van der Waals surface area contributed by atoms with Crippen LogP contribution < -0.4 is 5.73 Å². The van der Waals surface area contributed by atoms with Crippen LogP contribution in [0.5, 0.6) is 0 Å². The molecule has 0 aliphatic heterocycles. The summed E-state index contributed by atoms with van der Waals surface area (Å²) < 4.78 is 0. The van der Waals surface area contributed by atoms with E-state index in [4.69, 9.17) is 5.73 Å². The van der Waals surface area contributed by atoms with E-state index in [-0.39, 0.29) is 0 Å². The first-order valence-electron chi connectivity index (χ1n) is 8.28. The first kappa shape index (κ1) is 15.8. The number of hydrogen-bond acceptors (Lipinski definition) is 4. The van der Waals surface area contributed by atoms with Gasteiger partial charge in [0.25, 0.3) is 0 Å². The Morgan fingerprint density at radius 2 is 1.88 bits per heavy atom. The van der Waals surface area contributed by atoms with Gasteiger partial charge < -0.3 is 10.7 Å². The Hall–Kier alpha value is -3.67. The maximum absolute atomic E-state index is 6.11. The molecule has 0 atom stereocenters. The molecule has 4 N–H and O–H groups in total. The summed E-state index contributed by atoms with van der Waals surface area (Å²) in [6, 6.07) is 8.12. The molecule has 4 rings (SSSR count). The number of H-pyrrole nitrogens is 2. The number of hydrogen-bond donors (Lipinski definition) is 3. The van der Waals surface area contributed by atoms with Crippen LogP contribution in [0.2, 0.25) is 0 Å². The topological polar surface area (TPSA) is 96.3 Å². The summed E-state index contributed by atoms with van der Waals surface area (Å²) in [5, 5.41) is 8.56. The highest BCUT2D eigenvalue weighted by atomic mass is 15.1. The molecule has 6 heteroatoms. The number of fused-ring (bicyclic) bond motifs is 1. The summed E-state index contributed by atoms with van der Waals surface area (Å²) in [6.07, 6.45) is 13.0. The number of nitrogens with zero attached hydrogens (tertiary/aromatic N) is 3. The zero-order valence-electron chi connectivity index (χ0n) is 14.3. The minimum Gasteiger partial charge on any atom is -0.385 e. The summed E-state index contributed by atoms with van der Waals surface area (Å²) in [7, 11) is 0. The molecule has 26 heavy (non-hydrogen) atoms. The highest BCUT2D eigenvalue weighted by Crippen LogP contribution is 2.31. The van der Waals surface area contributed by atoms with Gasteiger partial charge in [0.2, 0.25) is 0 Å². The van der Waals surface area contributed by atoms with Crippen molar-refractivity contribution in [2.45, 2.75) is 6.92 Å². The monoisotopic (exact) mass is 342 g/mol. The highest BCUT2D eigenvalue weighted by Gasteiger charge is 2.13. The van der Waals surface area contributed by atoms with Crippen LogP contribution in [0.15, 0.2) is 61.2 Å². The molecule has 4 aromatic rings. The Bertz CT molecular complexity index is 1100. The Kier molecular flexibility index (Phi) is 4.07. The number of benzene rings is 1. The Morgan fingerprint density at radius 1 is 1.04 bits per heavy atom. The predicted octanol–water partition coefficient (Wildman–Crippen LogP) is 4.19. The summed E-state index contributed by atoms with van der Waals surface area (Å²) in [5.74, 6) is 0.615. The third-order valence-electron chi connectivity index (χ3n) is 4.17. The van der Waals surface area contributed by atoms with E-state index in [1.54, 1.807) is 12.4 Å². The van der Waals surface area contributed by atoms with Crippen molar-refractivity contribution in [3.05, 3.63) is 66.8 Å². The lowest BCUT2D eigenvalue weighted by Crippen LogP contribution is -1.86. The number of nitrogens with one attached hydrogen (secondary N) is 2. The molecular weight excluding hydrogens is 324 g/mol. The van der Waals surface area contributed by atoms with E-state index >= 15 is 0 Å². The van der Waals surface area contributed by atoms with Crippen molar-refractivity contribution < 1.29 is 0 Å². The number of aromatic nitrogens is 5. The average molecular weight is 342 g/mol. The van der Waals surface area contributed by atoms with Gasteiger partial charge in [0, 0.05) is 28.9 Å². The van der Waals surface area contributed by atoms with Crippen LogP contribution in [0.3, 0.4) is 0 Å². The summed E-state index contributed by atoms with van der Waals surface area (Å²) in [4.78, 5) is 11.4. The van der Waals surface area contributed by atoms with Gasteiger partial charge in [-0.3, -0.25) is 5.10 Å². The molecule has 0 saturated heterocycles. The van der Waals surface area contributed by atoms with Gasteiger partial charge in [-0.1, -0.05) is 30.4 Å². The van der Waals surface area contributed by atoms with E-state index in [1.807, 2.05) is 49.4 Å². The van der Waals surface area contributed by atoms with Crippen LogP contribution >= 0.6 is 0 Å².